The maximum Gasteiger partial charge on any atom is 0.127 e. The normalized spacial score (nSPS) is 13.9. The summed E-state index contributed by atoms with van der Waals surface area (Å²) in [6, 6.07) is 0. The fraction of sp³-hybridized carbons (Fsp3) is 0.500. The van der Waals surface area contributed by atoms with Gasteiger partial charge in [0, 0.05) is 19.7 Å². The zero-order chi connectivity index (χ0) is 12.6. The van der Waals surface area contributed by atoms with Gasteiger partial charge in [-0.2, -0.15) is 0 Å². The number of nitrogens with zero attached hydrogens (tertiary/aromatic N) is 1. The van der Waals surface area contributed by atoms with Gasteiger partial charge >= 0.3 is 0 Å². The Bertz CT molecular complexity index is 298. The summed E-state index contributed by atoms with van der Waals surface area (Å²) in [6.45, 7) is 10.4. The number of amidine groups is 1. The Morgan fingerprint density at radius 3 is 2.25 bits per heavy atom. The van der Waals surface area contributed by atoms with Crippen LogP contribution in [0.25, 0.3) is 0 Å². The molecule has 0 rings (SSSR count). The number of aliphatic imine (C=N–C) groups is 1. The minimum Gasteiger partial charge on any atom is -0.373 e. The first-order valence-corrected chi connectivity index (χ1v) is 5.84. The van der Waals surface area contributed by atoms with E-state index in [1.165, 1.54) is 5.57 Å². The van der Waals surface area contributed by atoms with Gasteiger partial charge < -0.3 is 5.32 Å². The van der Waals surface area contributed by atoms with Crippen molar-refractivity contribution in [2.24, 2.45) is 4.99 Å². The van der Waals surface area contributed by atoms with Crippen LogP contribution < -0.4 is 5.32 Å². The average Bonchev–Trinajstić information content (AvgIpc) is 2.31. The van der Waals surface area contributed by atoms with E-state index in [9.17, 15) is 0 Å². The summed E-state index contributed by atoms with van der Waals surface area (Å²) in [7, 11) is 3.70. The summed E-state index contributed by atoms with van der Waals surface area (Å²) in [5.41, 5.74) is 3.57. The Morgan fingerprint density at radius 2 is 1.94 bits per heavy atom. The molecule has 0 fully saturated rings. The highest BCUT2D eigenvalue weighted by molar-refractivity contribution is 6.02. The molecule has 0 aromatic heterocycles. The van der Waals surface area contributed by atoms with Gasteiger partial charge in [0.05, 0.1) is 0 Å². The molecule has 0 aliphatic heterocycles. The van der Waals surface area contributed by atoms with E-state index >= 15 is 0 Å². The molecule has 0 atom stereocenters. The first-order chi connectivity index (χ1) is 7.64. The minimum absolute atomic E-state index is 0.921. The van der Waals surface area contributed by atoms with Gasteiger partial charge in [-0.05, 0) is 31.4 Å². The van der Waals surface area contributed by atoms with Crippen molar-refractivity contribution in [3.8, 4) is 0 Å². The fourth-order valence-electron chi connectivity index (χ4n) is 1.54. The molecule has 0 unspecified atom stereocenters. The van der Waals surface area contributed by atoms with Gasteiger partial charge in [0.2, 0.25) is 0 Å². The van der Waals surface area contributed by atoms with Crippen LogP contribution >= 0.6 is 0 Å². The summed E-state index contributed by atoms with van der Waals surface area (Å²) in [6.07, 6.45) is 6.22. The van der Waals surface area contributed by atoms with Crippen LogP contribution in [0.5, 0.6) is 0 Å². The lowest BCUT2D eigenvalue weighted by molar-refractivity contribution is 1.07. The number of likely N-dealkylation sites (N-methyl/N-ethyl adjacent to an activating group) is 1. The quantitative estimate of drug-likeness (QED) is 0.428. The van der Waals surface area contributed by atoms with Crippen molar-refractivity contribution in [2.75, 3.05) is 14.1 Å². The fourth-order valence-corrected chi connectivity index (χ4v) is 1.54. The van der Waals surface area contributed by atoms with Crippen molar-refractivity contribution >= 4 is 5.84 Å². The van der Waals surface area contributed by atoms with Gasteiger partial charge in [-0.15, -0.1) is 0 Å². The maximum atomic E-state index is 4.27. The maximum absolute atomic E-state index is 4.27. The number of hydrogen-bond donors (Lipinski definition) is 1. The van der Waals surface area contributed by atoms with E-state index in [1.54, 1.807) is 7.05 Å². The van der Waals surface area contributed by atoms with Crippen LogP contribution in [0.2, 0.25) is 0 Å². The average molecular weight is 220 g/mol. The monoisotopic (exact) mass is 220 g/mol. The Kier molecular flexibility index (Phi) is 7.27. The second-order valence-corrected chi connectivity index (χ2v) is 3.56. The van der Waals surface area contributed by atoms with Gasteiger partial charge in [-0.25, -0.2) is 0 Å². The van der Waals surface area contributed by atoms with Crippen LogP contribution in [0.15, 0.2) is 40.4 Å². The molecule has 90 valence electrons. The van der Waals surface area contributed by atoms with Crippen LogP contribution in [-0.2, 0) is 0 Å². The minimum atomic E-state index is 0.921. The molecule has 0 spiro atoms. The zero-order valence-corrected chi connectivity index (χ0v) is 11.2. The van der Waals surface area contributed by atoms with Crippen LogP contribution in [0, 0.1) is 0 Å². The van der Waals surface area contributed by atoms with Crippen LogP contribution in [0.3, 0.4) is 0 Å². The summed E-state index contributed by atoms with van der Waals surface area (Å²) in [5.74, 6) is 0.921. The highest BCUT2D eigenvalue weighted by Gasteiger charge is 2.08. The molecule has 0 saturated heterocycles. The van der Waals surface area contributed by atoms with E-state index in [-0.39, 0.29) is 0 Å². The molecule has 0 aliphatic rings. The Balaban J connectivity index is 5.37. The summed E-state index contributed by atoms with van der Waals surface area (Å²) in [4.78, 5) is 4.27. The van der Waals surface area contributed by atoms with Gasteiger partial charge in [0.1, 0.15) is 5.84 Å². The molecule has 0 aliphatic carbocycles. The number of allylic oxidation sites excluding steroid dienone is 3. The Morgan fingerprint density at radius 1 is 1.31 bits per heavy atom. The Hall–Kier alpha value is -1.31. The molecule has 2 nitrogen and oxygen atoms in total. The molecule has 0 bridgehead atoms. The van der Waals surface area contributed by atoms with Crippen molar-refractivity contribution in [3.05, 3.63) is 35.5 Å². The van der Waals surface area contributed by atoms with E-state index in [2.05, 4.69) is 49.8 Å². The summed E-state index contributed by atoms with van der Waals surface area (Å²) >= 11 is 0. The SMILES string of the molecule is C=C(/C=C(C(=C\C)/CC)\C(=N/C)NC)CC. The van der Waals surface area contributed by atoms with E-state index in [4.69, 9.17) is 0 Å². The lowest BCUT2D eigenvalue weighted by Gasteiger charge is -2.13. The molecule has 1 N–H and O–H groups in total. The highest BCUT2D eigenvalue weighted by Crippen LogP contribution is 2.17. The van der Waals surface area contributed by atoms with Gasteiger partial charge in [-0.3, -0.25) is 4.99 Å². The molecule has 16 heavy (non-hydrogen) atoms. The standard InChI is InChI=1S/C14H24N2/c1-7-11(4)10-13(12(8-2)9-3)14(15-5)16-6/h8,10H,4,7,9H2,1-3,5-6H3,(H,15,16)/b12-8-,13-10-. The highest BCUT2D eigenvalue weighted by atomic mass is 14.9. The van der Waals surface area contributed by atoms with Gasteiger partial charge in [-0.1, -0.05) is 32.1 Å². The summed E-state index contributed by atoms with van der Waals surface area (Å²) < 4.78 is 0. The zero-order valence-electron chi connectivity index (χ0n) is 11.2. The van der Waals surface area contributed by atoms with Crippen molar-refractivity contribution in [3.63, 3.8) is 0 Å². The smallest absolute Gasteiger partial charge is 0.127 e. The first kappa shape index (κ1) is 14.7. The lowest BCUT2D eigenvalue weighted by Crippen LogP contribution is -2.21. The number of nitrogens with one attached hydrogen (secondary N) is 1. The third kappa shape index (κ3) is 4.05. The van der Waals surface area contributed by atoms with Crippen LogP contribution in [0.1, 0.15) is 33.6 Å². The molecule has 0 aromatic rings. The second kappa shape index (κ2) is 7.91. The van der Waals surface area contributed by atoms with Gasteiger partial charge in [0.15, 0.2) is 0 Å². The largest absolute Gasteiger partial charge is 0.373 e. The van der Waals surface area contributed by atoms with Crippen LogP contribution in [-0.4, -0.2) is 19.9 Å². The van der Waals surface area contributed by atoms with E-state index in [0.717, 1.165) is 29.8 Å². The predicted molar refractivity (Wildman–Crippen MR) is 74.0 cm³/mol. The number of rotatable bonds is 5. The Labute approximate surface area is 99.9 Å². The van der Waals surface area contributed by atoms with E-state index in [1.807, 2.05) is 7.05 Å². The van der Waals surface area contributed by atoms with Crippen molar-refractivity contribution in [1.29, 1.82) is 0 Å². The molecular weight excluding hydrogens is 196 g/mol. The molecule has 0 heterocycles. The molecular formula is C14H24N2. The van der Waals surface area contributed by atoms with Crippen LogP contribution in [0.4, 0.5) is 0 Å². The first-order valence-electron chi connectivity index (χ1n) is 5.84. The predicted octanol–water partition coefficient (Wildman–Crippen LogP) is 3.48. The molecule has 0 aromatic carbocycles. The van der Waals surface area contributed by atoms with Crippen molar-refractivity contribution < 1.29 is 0 Å². The van der Waals surface area contributed by atoms with E-state index < -0.39 is 0 Å². The van der Waals surface area contributed by atoms with Crippen molar-refractivity contribution in [2.45, 2.75) is 33.6 Å². The third-order valence-corrected chi connectivity index (χ3v) is 2.59. The topological polar surface area (TPSA) is 24.4 Å². The van der Waals surface area contributed by atoms with E-state index in [0.29, 0.717) is 0 Å². The van der Waals surface area contributed by atoms with Gasteiger partial charge in [0.25, 0.3) is 0 Å². The van der Waals surface area contributed by atoms with Crippen molar-refractivity contribution in [1.82, 2.24) is 5.32 Å². The summed E-state index contributed by atoms with van der Waals surface area (Å²) in [5, 5.41) is 3.13. The third-order valence-electron chi connectivity index (χ3n) is 2.59. The molecule has 0 saturated carbocycles. The molecule has 0 amide bonds. The lowest BCUT2D eigenvalue weighted by atomic mass is 9.99. The second-order valence-electron chi connectivity index (χ2n) is 3.56. The molecule has 2 heteroatoms. The number of hydrogen-bond acceptors (Lipinski definition) is 1. The molecule has 0 radical (unpaired) electrons.